The summed E-state index contributed by atoms with van der Waals surface area (Å²) in [5.74, 6) is -0.888. The number of carboxylic acid groups (broad SMARTS) is 2. The Hall–Kier alpha value is -3.53. The largest absolute Gasteiger partial charge is 0.479 e. The summed E-state index contributed by atoms with van der Waals surface area (Å²) in [4.78, 5) is 24.4. The van der Waals surface area contributed by atoms with Gasteiger partial charge in [-0.15, -0.1) is 0 Å². The van der Waals surface area contributed by atoms with Crippen LogP contribution in [0, 0.1) is 11.3 Å². The fraction of sp³-hybridized carbons (Fsp3) is 0.250. The number of carbonyl (C=O) groups is 2. The number of hydrogen-bond acceptors (Lipinski definition) is 4. The van der Waals surface area contributed by atoms with Crippen LogP contribution in [0.25, 0.3) is 0 Å². The monoisotopic (exact) mass is 366 g/mol. The van der Waals surface area contributed by atoms with Gasteiger partial charge >= 0.3 is 12.1 Å². The summed E-state index contributed by atoms with van der Waals surface area (Å²) in [6, 6.07) is 13.5. The number of nitriles is 1. The molecule has 2 N–H and O–H groups in total. The first kappa shape index (κ1) is 18.3. The molecule has 27 heavy (non-hydrogen) atoms. The van der Waals surface area contributed by atoms with Gasteiger partial charge in [-0.25, -0.2) is 9.59 Å². The average Bonchev–Trinajstić information content (AvgIpc) is 2.67. The molecule has 7 heteroatoms. The second-order valence-corrected chi connectivity index (χ2v) is 6.29. The highest BCUT2D eigenvalue weighted by Gasteiger charge is 2.34. The van der Waals surface area contributed by atoms with E-state index in [9.17, 15) is 20.0 Å². The second-order valence-electron chi connectivity index (χ2n) is 6.29. The number of hydrogen-bond donors (Lipinski definition) is 2. The third kappa shape index (κ3) is 3.55. The number of nitrogens with zero attached hydrogens (tertiary/aromatic N) is 2. The van der Waals surface area contributed by atoms with Crippen molar-refractivity contribution in [1.29, 1.82) is 5.26 Å². The van der Waals surface area contributed by atoms with Crippen molar-refractivity contribution in [2.24, 2.45) is 0 Å². The van der Waals surface area contributed by atoms with Crippen molar-refractivity contribution in [3.05, 3.63) is 64.7 Å². The summed E-state index contributed by atoms with van der Waals surface area (Å²) >= 11 is 0. The molecule has 0 spiro atoms. The third-order valence-electron chi connectivity index (χ3n) is 4.61. The summed E-state index contributed by atoms with van der Waals surface area (Å²) in [6.45, 7) is 1.69. The Balaban J connectivity index is 2.18. The van der Waals surface area contributed by atoms with E-state index in [1.807, 2.05) is 30.3 Å². The van der Waals surface area contributed by atoms with E-state index in [-0.39, 0.29) is 5.75 Å². The molecule has 7 nitrogen and oxygen atoms in total. The van der Waals surface area contributed by atoms with Crippen LogP contribution in [-0.2, 0) is 11.2 Å². The maximum atomic E-state index is 11.9. The quantitative estimate of drug-likeness (QED) is 0.860. The molecule has 0 aliphatic carbocycles. The van der Waals surface area contributed by atoms with Crippen molar-refractivity contribution < 1.29 is 24.5 Å². The standard InChI is InChI=1S/C20H18N2O5/c1-12(19(23)24)27-17-7-6-13(11-21)10-16(17)18-15-5-3-2-4-14(15)8-9-22(18)20(25)26/h2-7,10,12,18H,8-9H2,1H3,(H,23,24)(H,25,26)/t12-,18?/m1/s1. The minimum atomic E-state index is -1.13. The number of rotatable bonds is 4. The smallest absolute Gasteiger partial charge is 0.408 e. The van der Waals surface area contributed by atoms with Crippen molar-refractivity contribution in [3.8, 4) is 11.8 Å². The molecule has 138 valence electrons. The molecular weight excluding hydrogens is 348 g/mol. The summed E-state index contributed by atoms with van der Waals surface area (Å²) in [5.41, 5.74) is 2.61. The molecule has 0 saturated carbocycles. The van der Waals surface area contributed by atoms with E-state index < -0.39 is 24.2 Å². The third-order valence-corrected chi connectivity index (χ3v) is 4.61. The lowest BCUT2D eigenvalue weighted by Crippen LogP contribution is -2.40. The van der Waals surface area contributed by atoms with E-state index in [2.05, 4.69) is 0 Å². The maximum Gasteiger partial charge on any atom is 0.408 e. The summed E-state index contributed by atoms with van der Waals surface area (Å²) < 4.78 is 5.57. The lowest BCUT2D eigenvalue weighted by atomic mass is 9.87. The summed E-state index contributed by atoms with van der Waals surface area (Å²) in [5, 5.41) is 28.1. The number of benzene rings is 2. The van der Waals surface area contributed by atoms with Crippen LogP contribution in [0.15, 0.2) is 42.5 Å². The van der Waals surface area contributed by atoms with Crippen LogP contribution in [0.5, 0.6) is 5.75 Å². The van der Waals surface area contributed by atoms with Gasteiger partial charge in [0.25, 0.3) is 0 Å². The molecular formula is C20H18N2O5. The minimum absolute atomic E-state index is 0.247. The predicted molar refractivity (Wildman–Crippen MR) is 95.6 cm³/mol. The van der Waals surface area contributed by atoms with E-state index in [0.29, 0.717) is 24.1 Å². The Morgan fingerprint density at radius 3 is 2.63 bits per heavy atom. The number of fused-ring (bicyclic) bond motifs is 1. The molecule has 3 rings (SSSR count). The van der Waals surface area contributed by atoms with Crippen molar-refractivity contribution >= 4 is 12.1 Å². The zero-order chi connectivity index (χ0) is 19.6. The summed E-state index contributed by atoms with van der Waals surface area (Å²) in [7, 11) is 0. The highest BCUT2D eigenvalue weighted by atomic mass is 16.5. The Kier molecular flexibility index (Phi) is 4.99. The van der Waals surface area contributed by atoms with Gasteiger partial charge in [0.15, 0.2) is 6.10 Å². The Morgan fingerprint density at radius 1 is 1.22 bits per heavy atom. The van der Waals surface area contributed by atoms with Crippen molar-refractivity contribution in [1.82, 2.24) is 4.90 Å². The molecule has 2 aromatic rings. The second kappa shape index (κ2) is 7.38. The number of aliphatic carboxylic acids is 1. The first-order valence-corrected chi connectivity index (χ1v) is 8.43. The fourth-order valence-electron chi connectivity index (χ4n) is 3.29. The van der Waals surface area contributed by atoms with Gasteiger partial charge in [-0.2, -0.15) is 5.26 Å². The molecule has 2 atom stereocenters. The first-order chi connectivity index (χ1) is 12.9. The Morgan fingerprint density at radius 2 is 1.96 bits per heavy atom. The first-order valence-electron chi connectivity index (χ1n) is 8.43. The van der Waals surface area contributed by atoms with Crippen LogP contribution < -0.4 is 4.74 Å². The molecule has 0 saturated heterocycles. The minimum Gasteiger partial charge on any atom is -0.479 e. The highest BCUT2D eigenvalue weighted by molar-refractivity contribution is 5.72. The van der Waals surface area contributed by atoms with E-state index in [1.54, 1.807) is 6.07 Å². The van der Waals surface area contributed by atoms with Gasteiger partial charge < -0.3 is 14.9 Å². The summed E-state index contributed by atoms with van der Waals surface area (Å²) in [6.07, 6.45) is -1.62. The van der Waals surface area contributed by atoms with Gasteiger partial charge in [-0.3, -0.25) is 4.90 Å². The average molecular weight is 366 g/mol. The molecule has 1 heterocycles. The molecule has 0 radical (unpaired) electrons. The van der Waals surface area contributed by atoms with Crippen LogP contribution >= 0.6 is 0 Å². The molecule has 1 aliphatic rings. The lowest BCUT2D eigenvalue weighted by molar-refractivity contribution is -0.144. The fourth-order valence-corrected chi connectivity index (χ4v) is 3.29. The van der Waals surface area contributed by atoms with Crippen LogP contribution in [0.3, 0.4) is 0 Å². The Labute approximate surface area is 156 Å². The maximum absolute atomic E-state index is 11.9. The number of carboxylic acids is 1. The van der Waals surface area contributed by atoms with E-state index in [1.165, 1.54) is 24.0 Å². The van der Waals surface area contributed by atoms with Crippen LogP contribution in [0.1, 0.15) is 35.2 Å². The van der Waals surface area contributed by atoms with Crippen LogP contribution in [0.2, 0.25) is 0 Å². The zero-order valence-corrected chi connectivity index (χ0v) is 14.6. The van der Waals surface area contributed by atoms with Crippen LogP contribution in [0.4, 0.5) is 4.79 Å². The topological polar surface area (TPSA) is 111 Å². The van der Waals surface area contributed by atoms with Crippen LogP contribution in [-0.4, -0.2) is 39.8 Å². The zero-order valence-electron chi connectivity index (χ0n) is 14.6. The molecule has 0 aromatic heterocycles. The van der Waals surface area contributed by atoms with Crippen molar-refractivity contribution in [3.63, 3.8) is 0 Å². The van der Waals surface area contributed by atoms with Gasteiger partial charge in [-0.1, -0.05) is 24.3 Å². The normalized spacial score (nSPS) is 16.7. The van der Waals surface area contributed by atoms with Gasteiger partial charge in [0, 0.05) is 12.1 Å². The predicted octanol–water partition coefficient (Wildman–Crippen LogP) is 3.04. The lowest BCUT2D eigenvalue weighted by Gasteiger charge is -2.36. The van der Waals surface area contributed by atoms with Gasteiger partial charge in [0.05, 0.1) is 17.7 Å². The molecule has 2 aromatic carbocycles. The van der Waals surface area contributed by atoms with Crippen molar-refractivity contribution in [2.75, 3.05) is 6.54 Å². The van der Waals surface area contributed by atoms with Gasteiger partial charge in [-0.05, 0) is 42.7 Å². The van der Waals surface area contributed by atoms with E-state index >= 15 is 0 Å². The van der Waals surface area contributed by atoms with Gasteiger partial charge in [0.2, 0.25) is 0 Å². The molecule has 1 unspecified atom stereocenters. The number of amides is 1. The van der Waals surface area contributed by atoms with E-state index in [0.717, 1.165) is 11.1 Å². The number of ether oxygens (including phenoxy) is 1. The van der Waals surface area contributed by atoms with Crippen molar-refractivity contribution in [2.45, 2.75) is 25.5 Å². The van der Waals surface area contributed by atoms with Gasteiger partial charge in [0.1, 0.15) is 5.75 Å². The molecule has 0 fully saturated rings. The molecule has 0 bridgehead atoms. The SMILES string of the molecule is C[C@@H](Oc1ccc(C#N)cc1C1c2ccccc2CCN1C(=O)O)C(=O)O. The molecule has 1 amide bonds. The Bertz CT molecular complexity index is 934. The van der Waals surface area contributed by atoms with E-state index in [4.69, 9.17) is 9.84 Å². The highest BCUT2D eigenvalue weighted by Crippen LogP contribution is 2.40. The molecule has 1 aliphatic heterocycles.